The summed E-state index contributed by atoms with van der Waals surface area (Å²) in [4.78, 5) is 4.53. The number of hydrogen-bond acceptors (Lipinski definition) is 1. The molecule has 0 radical (unpaired) electrons. The quantitative estimate of drug-likeness (QED) is 0.605. The molecule has 0 aliphatic rings. The zero-order valence-corrected chi connectivity index (χ0v) is 12.8. The predicted octanol–water partition coefficient (Wildman–Crippen LogP) is 5.68. The lowest BCUT2D eigenvalue weighted by atomic mass is 9.97. The molecular formula is C20H18FN. The standard InChI is InChI=1S/C20H18FN/c1-14(2)18-12-16(8-10-19(18)21)17-9-11-20(22-13-17)15-6-4-3-5-7-15/h3-14H,1-2H3. The molecule has 22 heavy (non-hydrogen) atoms. The number of benzene rings is 2. The van der Waals surface area contributed by atoms with E-state index in [2.05, 4.69) is 4.98 Å². The highest BCUT2D eigenvalue weighted by Gasteiger charge is 2.09. The fourth-order valence-electron chi connectivity index (χ4n) is 2.51. The minimum Gasteiger partial charge on any atom is -0.256 e. The van der Waals surface area contributed by atoms with Gasteiger partial charge in [-0.2, -0.15) is 0 Å². The van der Waals surface area contributed by atoms with Gasteiger partial charge in [-0.25, -0.2) is 4.39 Å². The highest BCUT2D eigenvalue weighted by Crippen LogP contribution is 2.27. The van der Waals surface area contributed by atoms with E-state index in [1.54, 1.807) is 6.07 Å². The number of pyridine rings is 1. The molecule has 1 nitrogen and oxygen atoms in total. The van der Waals surface area contributed by atoms with Gasteiger partial charge in [0.2, 0.25) is 0 Å². The monoisotopic (exact) mass is 291 g/mol. The van der Waals surface area contributed by atoms with Gasteiger partial charge in [0.25, 0.3) is 0 Å². The zero-order chi connectivity index (χ0) is 15.5. The van der Waals surface area contributed by atoms with Gasteiger partial charge in [0.05, 0.1) is 5.69 Å². The first kappa shape index (κ1) is 14.5. The molecule has 0 fully saturated rings. The smallest absolute Gasteiger partial charge is 0.126 e. The van der Waals surface area contributed by atoms with Crippen molar-refractivity contribution in [1.82, 2.24) is 4.98 Å². The van der Waals surface area contributed by atoms with Gasteiger partial charge in [0, 0.05) is 17.3 Å². The normalized spacial score (nSPS) is 10.9. The van der Waals surface area contributed by atoms with Crippen molar-refractivity contribution in [2.45, 2.75) is 19.8 Å². The van der Waals surface area contributed by atoms with Crippen LogP contribution in [0.15, 0.2) is 66.9 Å². The SMILES string of the molecule is CC(C)c1cc(-c2ccc(-c3ccccc3)nc2)ccc1F. The maximum absolute atomic E-state index is 13.8. The fraction of sp³-hybridized carbons (Fsp3) is 0.150. The van der Waals surface area contributed by atoms with Crippen LogP contribution in [0.4, 0.5) is 4.39 Å². The predicted molar refractivity (Wildman–Crippen MR) is 89.2 cm³/mol. The van der Waals surface area contributed by atoms with Crippen molar-refractivity contribution in [1.29, 1.82) is 0 Å². The van der Waals surface area contributed by atoms with Gasteiger partial charge in [-0.3, -0.25) is 4.98 Å². The summed E-state index contributed by atoms with van der Waals surface area (Å²) in [5, 5.41) is 0. The van der Waals surface area contributed by atoms with E-state index in [0.717, 1.165) is 27.9 Å². The first-order valence-corrected chi connectivity index (χ1v) is 7.46. The van der Waals surface area contributed by atoms with Crippen LogP contribution in [0.25, 0.3) is 22.4 Å². The summed E-state index contributed by atoms with van der Waals surface area (Å²) in [5.41, 5.74) is 4.77. The fourth-order valence-corrected chi connectivity index (χ4v) is 2.51. The lowest BCUT2D eigenvalue weighted by Gasteiger charge is -2.10. The van der Waals surface area contributed by atoms with E-state index < -0.39 is 0 Å². The van der Waals surface area contributed by atoms with Crippen LogP contribution in [0, 0.1) is 5.82 Å². The number of hydrogen-bond donors (Lipinski definition) is 0. The molecule has 0 bridgehead atoms. The van der Waals surface area contributed by atoms with Gasteiger partial charge in [-0.05, 0) is 35.2 Å². The molecular weight excluding hydrogens is 273 g/mol. The third kappa shape index (κ3) is 2.91. The van der Waals surface area contributed by atoms with E-state index in [9.17, 15) is 4.39 Å². The molecule has 0 amide bonds. The first-order chi connectivity index (χ1) is 10.6. The third-order valence-corrected chi connectivity index (χ3v) is 3.78. The van der Waals surface area contributed by atoms with Crippen molar-refractivity contribution in [2.75, 3.05) is 0 Å². The van der Waals surface area contributed by atoms with Crippen LogP contribution in [0.3, 0.4) is 0 Å². The van der Waals surface area contributed by atoms with E-state index >= 15 is 0 Å². The molecule has 1 aromatic heterocycles. The van der Waals surface area contributed by atoms with Gasteiger partial charge in [0.15, 0.2) is 0 Å². The second-order valence-electron chi connectivity index (χ2n) is 5.69. The molecule has 110 valence electrons. The Hall–Kier alpha value is -2.48. The van der Waals surface area contributed by atoms with Crippen molar-refractivity contribution in [2.24, 2.45) is 0 Å². The maximum Gasteiger partial charge on any atom is 0.126 e. The van der Waals surface area contributed by atoms with Gasteiger partial charge in [-0.1, -0.05) is 56.3 Å². The largest absolute Gasteiger partial charge is 0.256 e. The molecule has 0 unspecified atom stereocenters. The Bertz CT molecular complexity index is 761. The average molecular weight is 291 g/mol. The number of halogens is 1. The van der Waals surface area contributed by atoms with Crippen LogP contribution in [-0.2, 0) is 0 Å². The molecule has 1 heterocycles. The summed E-state index contributed by atoms with van der Waals surface area (Å²) in [5.74, 6) is 0.0177. The van der Waals surface area contributed by atoms with E-state index in [4.69, 9.17) is 0 Å². The lowest BCUT2D eigenvalue weighted by Crippen LogP contribution is -1.94. The number of rotatable bonds is 3. The minimum atomic E-state index is -0.146. The van der Waals surface area contributed by atoms with Gasteiger partial charge >= 0.3 is 0 Å². The summed E-state index contributed by atoms with van der Waals surface area (Å²) in [6, 6.07) is 19.4. The summed E-state index contributed by atoms with van der Waals surface area (Å²) in [7, 11) is 0. The van der Waals surface area contributed by atoms with Crippen molar-refractivity contribution in [3.63, 3.8) is 0 Å². The van der Waals surface area contributed by atoms with Crippen molar-refractivity contribution >= 4 is 0 Å². The molecule has 0 aliphatic heterocycles. The maximum atomic E-state index is 13.8. The van der Waals surface area contributed by atoms with Gasteiger partial charge in [0.1, 0.15) is 5.82 Å². The Morgan fingerprint density at radius 3 is 2.18 bits per heavy atom. The van der Waals surface area contributed by atoms with Crippen LogP contribution >= 0.6 is 0 Å². The summed E-state index contributed by atoms with van der Waals surface area (Å²) >= 11 is 0. The lowest BCUT2D eigenvalue weighted by molar-refractivity contribution is 0.598. The highest BCUT2D eigenvalue weighted by molar-refractivity contribution is 5.67. The first-order valence-electron chi connectivity index (χ1n) is 7.46. The molecule has 3 aromatic rings. The topological polar surface area (TPSA) is 12.9 Å². The Morgan fingerprint density at radius 2 is 1.55 bits per heavy atom. The van der Waals surface area contributed by atoms with Crippen molar-refractivity contribution in [3.05, 3.63) is 78.2 Å². The number of nitrogens with zero attached hydrogens (tertiary/aromatic N) is 1. The van der Waals surface area contributed by atoms with Gasteiger partial charge < -0.3 is 0 Å². The Kier molecular flexibility index (Phi) is 4.01. The van der Waals surface area contributed by atoms with Crippen LogP contribution in [0.1, 0.15) is 25.3 Å². The van der Waals surface area contributed by atoms with Crippen LogP contribution in [0.5, 0.6) is 0 Å². The molecule has 0 saturated carbocycles. The Morgan fingerprint density at radius 1 is 0.818 bits per heavy atom. The van der Waals surface area contributed by atoms with Crippen LogP contribution in [-0.4, -0.2) is 4.98 Å². The third-order valence-electron chi connectivity index (χ3n) is 3.78. The van der Waals surface area contributed by atoms with Gasteiger partial charge in [-0.15, -0.1) is 0 Å². The van der Waals surface area contributed by atoms with E-state index in [0.29, 0.717) is 0 Å². The molecule has 2 aromatic carbocycles. The van der Waals surface area contributed by atoms with Crippen LogP contribution in [0.2, 0.25) is 0 Å². The average Bonchev–Trinajstić information content (AvgIpc) is 2.56. The summed E-state index contributed by atoms with van der Waals surface area (Å²) in [6.07, 6.45) is 1.85. The molecule has 0 atom stereocenters. The van der Waals surface area contributed by atoms with E-state index in [-0.39, 0.29) is 11.7 Å². The summed E-state index contributed by atoms with van der Waals surface area (Å²) in [6.45, 7) is 4.00. The number of aromatic nitrogens is 1. The molecule has 0 saturated heterocycles. The molecule has 2 heteroatoms. The zero-order valence-electron chi connectivity index (χ0n) is 12.8. The van der Waals surface area contributed by atoms with Crippen LogP contribution < -0.4 is 0 Å². The molecule has 3 rings (SSSR count). The highest BCUT2D eigenvalue weighted by atomic mass is 19.1. The minimum absolute atomic E-state index is 0.146. The molecule has 0 spiro atoms. The molecule has 0 N–H and O–H groups in total. The Labute approximate surface area is 130 Å². The molecule has 0 aliphatic carbocycles. The van der Waals surface area contributed by atoms with E-state index in [1.165, 1.54) is 6.07 Å². The summed E-state index contributed by atoms with van der Waals surface area (Å²) < 4.78 is 13.8. The Balaban J connectivity index is 1.95. The van der Waals surface area contributed by atoms with Crippen molar-refractivity contribution < 1.29 is 4.39 Å². The van der Waals surface area contributed by atoms with Crippen molar-refractivity contribution in [3.8, 4) is 22.4 Å². The second-order valence-corrected chi connectivity index (χ2v) is 5.69. The second kappa shape index (κ2) is 6.10. The van der Waals surface area contributed by atoms with E-state index in [1.807, 2.05) is 68.6 Å².